The first-order valence-electron chi connectivity index (χ1n) is 11.4. The molecule has 0 aliphatic heterocycles. The molecule has 0 unspecified atom stereocenters. The molecule has 1 amide bonds. The topological polar surface area (TPSA) is 106 Å². The van der Waals surface area contributed by atoms with Crippen LogP contribution in [0.4, 0.5) is 0 Å². The summed E-state index contributed by atoms with van der Waals surface area (Å²) in [5.74, 6) is 1.45. The lowest BCUT2D eigenvalue weighted by atomic mass is 9.99. The minimum Gasteiger partial charge on any atom is -0.495 e. The molecule has 1 fully saturated rings. The number of hydrogen-bond acceptors (Lipinski definition) is 7. The minimum absolute atomic E-state index is 0.00332. The molecule has 0 atom stereocenters. The van der Waals surface area contributed by atoms with Gasteiger partial charge in [-0.05, 0) is 50.5 Å². The van der Waals surface area contributed by atoms with E-state index in [2.05, 4.69) is 9.97 Å². The second-order valence-corrected chi connectivity index (χ2v) is 9.82. The molecule has 0 bridgehead atoms. The van der Waals surface area contributed by atoms with Crippen molar-refractivity contribution in [2.24, 2.45) is 0 Å². The third kappa shape index (κ3) is 4.99. The standard InChI is InChI=1S/C25H29N3O5S/c1-4-17-7-8-18(33-17)6-5-13-28(15-21-27-22(23(29)30)16(2)34-21)24(31)25(11-12-25)20-10-9-19(32-3)14-26-20/h7-10,14H,4-6,11-13,15H2,1-3H3,(H,29,30). The Balaban J connectivity index is 1.53. The van der Waals surface area contributed by atoms with Crippen molar-refractivity contribution in [2.45, 2.75) is 57.9 Å². The number of nitrogens with zero attached hydrogens (tertiary/aromatic N) is 3. The Labute approximate surface area is 202 Å². The predicted molar refractivity (Wildman–Crippen MR) is 127 cm³/mol. The Hall–Kier alpha value is -3.20. The number of ether oxygens (including phenoxy) is 1. The van der Waals surface area contributed by atoms with Crippen molar-refractivity contribution in [1.29, 1.82) is 0 Å². The van der Waals surface area contributed by atoms with Gasteiger partial charge in [-0.25, -0.2) is 9.78 Å². The quantitative estimate of drug-likeness (QED) is 0.431. The first-order valence-corrected chi connectivity index (χ1v) is 12.2. The Morgan fingerprint density at radius 3 is 2.56 bits per heavy atom. The van der Waals surface area contributed by atoms with E-state index in [1.807, 2.05) is 31.2 Å². The van der Waals surface area contributed by atoms with Crippen LogP contribution in [0.1, 0.15) is 63.8 Å². The van der Waals surface area contributed by atoms with Gasteiger partial charge in [-0.3, -0.25) is 9.78 Å². The Morgan fingerprint density at radius 1 is 1.24 bits per heavy atom. The summed E-state index contributed by atoms with van der Waals surface area (Å²) in [4.78, 5) is 36.5. The zero-order valence-corrected chi connectivity index (χ0v) is 20.5. The zero-order valence-electron chi connectivity index (χ0n) is 19.7. The van der Waals surface area contributed by atoms with Gasteiger partial charge < -0.3 is 19.2 Å². The first-order chi connectivity index (χ1) is 16.4. The monoisotopic (exact) mass is 483 g/mol. The van der Waals surface area contributed by atoms with E-state index in [1.165, 1.54) is 11.3 Å². The first kappa shape index (κ1) is 23.9. The van der Waals surface area contributed by atoms with E-state index in [1.54, 1.807) is 25.1 Å². The van der Waals surface area contributed by atoms with Gasteiger partial charge in [0.25, 0.3) is 0 Å². The van der Waals surface area contributed by atoms with Crippen LogP contribution in [0, 0.1) is 6.92 Å². The smallest absolute Gasteiger partial charge is 0.355 e. The fraction of sp³-hybridized carbons (Fsp3) is 0.440. The molecule has 1 saturated carbocycles. The van der Waals surface area contributed by atoms with Crippen LogP contribution in [-0.4, -0.2) is 45.5 Å². The van der Waals surface area contributed by atoms with Gasteiger partial charge in [0.2, 0.25) is 5.91 Å². The molecule has 3 heterocycles. The van der Waals surface area contributed by atoms with E-state index in [4.69, 9.17) is 9.15 Å². The third-order valence-electron chi connectivity index (χ3n) is 6.20. The van der Waals surface area contributed by atoms with Crippen LogP contribution >= 0.6 is 11.3 Å². The maximum Gasteiger partial charge on any atom is 0.355 e. The molecule has 0 radical (unpaired) electrons. The Morgan fingerprint density at radius 2 is 2.00 bits per heavy atom. The molecule has 34 heavy (non-hydrogen) atoms. The van der Waals surface area contributed by atoms with Crippen LogP contribution in [0.5, 0.6) is 5.75 Å². The van der Waals surface area contributed by atoms with Crippen LogP contribution in [-0.2, 0) is 29.6 Å². The van der Waals surface area contributed by atoms with Gasteiger partial charge in [0.1, 0.15) is 22.3 Å². The number of carboxylic acids is 1. The second kappa shape index (κ2) is 9.97. The lowest BCUT2D eigenvalue weighted by Crippen LogP contribution is -2.40. The number of carbonyl (C=O) groups is 2. The van der Waals surface area contributed by atoms with Crippen molar-refractivity contribution < 1.29 is 23.8 Å². The van der Waals surface area contributed by atoms with E-state index in [-0.39, 0.29) is 18.1 Å². The molecule has 1 N–H and O–H groups in total. The highest BCUT2D eigenvalue weighted by Crippen LogP contribution is 2.49. The molecule has 180 valence electrons. The number of pyridine rings is 1. The summed E-state index contributed by atoms with van der Waals surface area (Å²) in [7, 11) is 1.58. The minimum atomic E-state index is -1.05. The summed E-state index contributed by atoms with van der Waals surface area (Å²) < 4.78 is 11.0. The van der Waals surface area contributed by atoms with Crippen molar-refractivity contribution in [1.82, 2.24) is 14.9 Å². The molecule has 1 aliphatic carbocycles. The van der Waals surface area contributed by atoms with Crippen molar-refractivity contribution in [3.8, 4) is 5.75 Å². The fourth-order valence-corrected chi connectivity index (χ4v) is 5.06. The molecule has 3 aromatic heterocycles. The third-order valence-corrected chi connectivity index (χ3v) is 7.15. The van der Waals surface area contributed by atoms with Crippen LogP contribution in [0.2, 0.25) is 0 Å². The molecule has 9 heteroatoms. The molecule has 8 nitrogen and oxygen atoms in total. The largest absolute Gasteiger partial charge is 0.495 e. The molecule has 0 aromatic carbocycles. The molecule has 3 aromatic rings. The summed E-state index contributed by atoms with van der Waals surface area (Å²) in [6.07, 6.45) is 5.39. The molecule has 0 spiro atoms. The Bertz CT molecular complexity index is 1160. The molecule has 4 rings (SSSR count). The number of furan rings is 1. The molecular formula is C25H29N3O5S. The highest BCUT2D eigenvalue weighted by Gasteiger charge is 2.54. The number of amides is 1. The molecular weight excluding hydrogens is 454 g/mol. The van der Waals surface area contributed by atoms with Gasteiger partial charge in [-0.1, -0.05) is 6.92 Å². The predicted octanol–water partition coefficient (Wildman–Crippen LogP) is 4.40. The van der Waals surface area contributed by atoms with Gasteiger partial charge in [0.05, 0.1) is 31.0 Å². The van der Waals surface area contributed by atoms with Crippen molar-refractivity contribution in [3.63, 3.8) is 0 Å². The van der Waals surface area contributed by atoms with E-state index in [0.717, 1.165) is 49.3 Å². The maximum atomic E-state index is 13.8. The van der Waals surface area contributed by atoms with Crippen LogP contribution in [0.3, 0.4) is 0 Å². The summed E-state index contributed by atoms with van der Waals surface area (Å²) >= 11 is 1.32. The number of hydrogen-bond donors (Lipinski definition) is 1. The van der Waals surface area contributed by atoms with Gasteiger partial charge in [-0.15, -0.1) is 11.3 Å². The average Bonchev–Trinajstić information content (AvgIpc) is 3.37. The van der Waals surface area contributed by atoms with Crippen molar-refractivity contribution in [3.05, 3.63) is 63.3 Å². The lowest BCUT2D eigenvalue weighted by Gasteiger charge is -2.26. The summed E-state index contributed by atoms with van der Waals surface area (Å²) in [5, 5.41) is 10.00. The number of aryl methyl sites for hydroxylation is 3. The van der Waals surface area contributed by atoms with Gasteiger partial charge >= 0.3 is 5.97 Å². The zero-order chi connectivity index (χ0) is 24.3. The second-order valence-electron chi connectivity index (χ2n) is 8.53. The van der Waals surface area contributed by atoms with Crippen LogP contribution in [0.15, 0.2) is 34.9 Å². The van der Waals surface area contributed by atoms with E-state index < -0.39 is 11.4 Å². The number of carboxylic acid groups (broad SMARTS) is 1. The molecule has 1 aliphatic rings. The number of rotatable bonds is 11. The van der Waals surface area contributed by atoms with Crippen molar-refractivity contribution >= 4 is 23.2 Å². The number of thiazole rings is 1. The molecule has 0 saturated heterocycles. The number of methoxy groups -OCH3 is 1. The number of aromatic nitrogens is 2. The number of carbonyl (C=O) groups excluding carboxylic acids is 1. The van der Waals surface area contributed by atoms with Gasteiger partial charge in [0, 0.05) is 24.3 Å². The summed E-state index contributed by atoms with van der Waals surface area (Å²) in [5.41, 5.74) is 0.144. The SMILES string of the molecule is CCc1ccc(CCCN(Cc2nc(C(=O)O)c(C)s2)C(=O)C2(c3ccc(OC)cn3)CC2)o1. The van der Waals surface area contributed by atoms with E-state index >= 15 is 0 Å². The van der Waals surface area contributed by atoms with Crippen LogP contribution in [0.25, 0.3) is 0 Å². The normalized spacial score (nSPS) is 14.1. The lowest BCUT2D eigenvalue weighted by molar-refractivity contribution is -0.134. The van der Waals surface area contributed by atoms with Gasteiger partial charge in [-0.2, -0.15) is 0 Å². The van der Waals surface area contributed by atoms with Gasteiger partial charge in [0.15, 0.2) is 5.69 Å². The Kier molecular flexibility index (Phi) is 7.02. The van der Waals surface area contributed by atoms with E-state index in [0.29, 0.717) is 22.2 Å². The highest BCUT2D eigenvalue weighted by molar-refractivity contribution is 7.11. The summed E-state index contributed by atoms with van der Waals surface area (Å²) in [6, 6.07) is 7.65. The maximum absolute atomic E-state index is 13.8. The van der Waals surface area contributed by atoms with Crippen LogP contribution < -0.4 is 4.74 Å². The average molecular weight is 484 g/mol. The highest BCUT2D eigenvalue weighted by atomic mass is 32.1. The number of aromatic carboxylic acids is 1. The fourth-order valence-electron chi connectivity index (χ4n) is 4.12. The van der Waals surface area contributed by atoms with E-state index in [9.17, 15) is 14.7 Å². The van der Waals surface area contributed by atoms with Crippen molar-refractivity contribution in [2.75, 3.05) is 13.7 Å². The summed E-state index contributed by atoms with van der Waals surface area (Å²) in [6.45, 7) is 4.57.